The van der Waals surface area contributed by atoms with Crippen LogP contribution in [0.4, 0.5) is 0 Å². The Morgan fingerprint density at radius 1 is 1.33 bits per heavy atom. The number of benzene rings is 1. The number of rotatable bonds is 9. The number of fused-ring (bicyclic) bond motifs is 1. The van der Waals surface area contributed by atoms with Crippen LogP contribution in [0.3, 0.4) is 0 Å². The molecule has 0 amide bonds. The summed E-state index contributed by atoms with van der Waals surface area (Å²) in [6.45, 7) is 12.2. The maximum absolute atomic E-state index is 12.6. The number of esters is 1. The van der Waals surface area contributed by atoms with E-state index in [9.17, 15) is 14.7 Å². The highest BCUT2D eigenvalue weighted by Gasteiger charge is 2.27. The summed E-state index contributed by atoms with van der Waals surface area (Å²) < 4.78 is 13.0. The third-order valence-corrected chi connectivity index (χ3v) is 6.22. The fraction of sp³-hybridized carbons (Fsp3) is 0.519. The van der Waals surface area contributed by atoms with Gasteiger partial charge < -0.3 is 24.1 Å². The first-order chi connectivity index (χ1) is 17.0. The van der Waals surface area contributed by atoms with E-state index in [0.717, 1.165) is 47.7 Å². The standard InChI is InChI=1S/C27H36N4O5/c1-16-8-20(11-29-25(16)33)24-30-21-9-18(6-7-22(21)31(24)12-19-13-35-14-19)10-28-23(17(2)32)26(34)36-15-27(3,4)5/h6-9,11,17,19,23,28,32H,10,12-15H2,1-5H3,(H,29,33)/t17-,23+/m1/s1. The van der Waals surface area contributed by atoms with Gasteiger partial charge in [-0.05, 0) is 43.0 Å². The van der Waals surface area contributed by atoms with Gasteiger partial charge in [0, 0.05) is 36.3 Å². The van der Waals surface area contributed by atoms with Crippen LogP contribution in [0.5, 0.6) is 0 Å². The van der Waals surface area contributed by atoms with Gasteiger partial charge in [0.25, 0.3) is 5.56 Å². The minimum atomic E-state index is -0.903. The van der Waals surface area contributed by atoms with Crippen molar-refractivity contribution in [2.24, 2.45) is 11.3 Å². The van der Waals surface area contributed by atoms with Gasteiger partial charge >= 0.3 is 5.97 Å². The molecule has 2 aromatic heterocycles. The maximum Gasteiger partial charge on any atom is 0.325 e. The molecule has 0 radical (unpaired) electrons. The number of carbonyl (C=O) groups excluding carboxylic acids is 1. The Labute approximate surface area is 210 Å². The normalized spacial score (nSPS) is 16.1. The van der Waals surface area contributed by atoms with E-state index < -0.39 is 18.1 Å². The molecule has 3 N–H and O–H groups in total. The van der Waals surface area contributed by atoms with E-state index in [0.29, 0.717) is 18.0 Å². The second-order valence-electron chi connectivity index (χ2n) is 10.9. The lowest BCUT2D eigenvalue weighted by molar-refractivity contribution is -0.151. The lowest BCUT2D eigenvalue weighted by Gasteiger charge is -2.27. The predicted molar refractivity (Wildman–Crippen MR) is 138 cm³/mol. The van der Waals surface area contributed by atoms with Crippen molar-refractivity contribution in [3.05, 3.63) is 51.9 Å². The van der Waals surface area contributed by atoms with Crippen molar-refractivity contribution in [1.82, 2.24) is 19.9 Å². The number of H-pyrrole nitrogens is 1. The summed E-state index contributed by atoms with van der Waals surface area (Å²) in [4.78, 5) is 32.2. The lowest BCUT2D eigenvalue weighted by atomic mass is 9.98. The number of hydrogen-bond donors (Lipinski definition) is 3. The molecule has 3 aromatic rings. The Balaban J connectivity index is 1.58. The van der Waals surface area contributed by atoms with Crippen molar-refractivity contribution in [2.45, 2.75) is 59.9 Å². The summed E-state index contributed by atoms with van der Waals surface area (Å²) in [7, 11) is 0. The predicted octanol–water partition coefficient (Wildman–Crippen LogP) is 2.77. The van der Waals surface area contributed by atoms with Gasteiger partial charge in [-0.25, -0.2) is 4.98 Å². The number of aliphatic hydroxyl groups is 1. The van der Waals surface area contributed by atoms with Crippen LogP contribution in [0, 0.1) is 18.3 Å². The number of nitrogens with zero attached hydrogens (tertiary/aromatic N) is 2. The zero-order valence-corrected chi connectivity index (χ0v) is 21.6. The van der Waals surface area contributed by atoms with Gasteiger partial charge in [-0.1, -0.05) is 26.8 Å². The van der Waals surface area contributed by atoms with Crippen LogP contribution in [0.2, 0.25) is 0 Å². The van der Waals surface area contributed by atoms with Crippen molar-refractivity contribution in [2.75, 3.05) is 19.8 Å². The molecule has 0 aliphatic carbocycles. The third kappa shape index (κ3) is 6.03. The van der Waals surface area contributed by atoms with Gasteiger partial charge in [-0.15, -0.1) is 0 Å². The summed E-state index contributed by atoms with van der Waals surface area (Å²) in [5.74, 6) is 0.731. The number of imidazole rings is 1. The van der Waals surface area contributed by atoms with Crippen LogP contribution >= 0.6 is 0 Å². The monoisotopic (exact) mass is 496 g/mol. The summed E-state index contributed by atoms with van der Waals surface area (Å²) >= 11 is 0. The maximum atomic E-state index is 12.6. The molecule has 1 fully saturated rings. The number of nitrogens with one attached hydrogen (secondary N) is 2. The fourth-order valence-electron chi connectivity index (χ4n) is 4.12. The van der Waals surface area contributed by atoms with Crippen LogP contribution in [0.1, 0.15) is 38.8 Å². The number of pyridine rings is 1. The molecule has 36 heavy (non-hydrogen) atoms. The Hall–Kier alpha value is -3.01. The van der Waals surface area contributed by atoms with Gasteiger partial charge in [0.15, 0.2) is 0 Å². The van der Waals surface area contributed by atoms with Crippen LogP contribution < -0.4 is 10.9 Å². The molecule has 0 unspecified atom stereocenters. The number of aryl methyl sites for hydroxylation is 1. The molecule has 2 atom stereocenters. The van der Waals surface area contributed by atoms with E-state index >= 15 is 0 Å². The van der Waals surface area contributed by atoms with E-state index in [-0.39, 0.29) is 17.6 Å². The molecular weight excluding hydrogens is 460 g/mol. The molecule has 194 valence electrons. The SMILES string of the molecule is Cc1cc(-c2nc3cc(CN[C@H](C(=O)OCC(C)(C)C)[C@@H](C)O)ccc3n2CC2COC2)c[nH]c1=O. The van der Waals surface area contributed by atoms with Gasteiger partial charge in [0.1, 0.15) is 11.9 Å². The molecule has 9 nitrogen and oxygen atoms in total. The molecule has 0 saturated carbocycles. The lowest BCUT2D eigenvalue weighted by Crippen LogP contribution is -2.46. The van der Waals surface area contributed by atoms with Crippen LogP contribution in [-0.2, 0) is 27.4 Å². The Bertz CT molecular complexity index is 1280. The molecule has 1 aliphatic heterocycles. The van der Waals surface area contributed by atoms with E-state index in [2.05, 4.69) is 14.9 Å². The zero-order valence-electron chi connectivity index (χ0n) is 21.6. The summed E-state index contributed by atoms with van der Waals surface area (Å²) in [5, 5.41) is 13.3. The van der Waals surface area contributed by atoms with E-state index in [1.807, 2.05) is 45.0 Å². The summed E-state index contributed by atoms with van der Waals surface area (Å²) in [6, 6.07) is 7.02. The number of carbonyl (C=O) groups is 1. The van der Waals surface area contributed by atoms with Crippen LogP contribution in [0.25, 0.3) is 22.4 Å². The van der Waals surface area contributed by atoms with E-state index in [1.54, 1.807) is 20.0 Å². The highest BCUT2D eigenvalue weighted by Crippen LogP contribution is 2.28. The zero-order chi connectivity index (χ0) is 26.0. The minimum Gasteiger partial charge on any atom is -0.464 e. The van der Waals surface area contributed by atoms with Crippen LogP contribution in [-0.4, -0.2) is 57.6 Å². The van der Waals surface area contributed by atoms with Crippen molar-refractivity contribution >= 4 is 17.0 Å². The number of aromatic nitrogens is 3. The molecule has 4 rings (SSSR count). The average Bonchev–Trinajstić information content (AvgIpc) is 3.13. The van der Waals surface area contributed by atoms with E-state index in [1.165, 1.54) is 0 Å². The average molecular weight is 497 g/mol. The first-order valence-corrected chi connectivity index (χ1v) is 12.4. The quantitative estimate of drug-likeness (QED) is 0.390. The van der Waals surface area contributed by atoms with Gasteiger partial charge in [0.05, 0.1) is 37.0 Å². The van der Waals surface area contributed by atoms with Crippen LogP contribution in [0.15, 0.2) is 35.3 Å². The number of ether oxygens (including phenoxy) is 2. The minimum absolute atomic E-state index is 0.115. The van der Waals surface area contributed by atoms with Gasteiger partial charge in [-0.3, -0.25) is 14.9 Å². The number of aromatic amines is 1. The fourth-order valence-corrected chi connectivity index (χ4v) is 4.12. The molecule has 1 saturated heterocycles. The van der Waals surface area contributed by atoms with Crippen molar-refractivity contribution in [1.29, 1.82) is 0 Å². The molecule has 3 heterocycles. The van der Waals surface area contributed by atoms with Gasteiger partial charge in [-0.2, -0.15) is 0 Å². The highest BCUT2D eigenvalue weighted by molar-refractivity contribution is 5.81. The van der Waals surface area contributed by atoms with E-state index in [4.69, 9.17) is 14.5 Å². The molecule has 0 bridgehead atoms. The molecule has 1 aromatic carbocycles. The Morgan fingerprint density at radius 2 is 2.08 bits per heavy atom. The third-order valence-electron chi connectivity index (χ3n) is 6.22. The van der Waals surface area contributed by atoms with Gasteiger partial charge in [0.2, 0.25) is 0 Å². The first kappa shape index (κ1) is 26.1. The van der Waals surface area contributed by atoms with Crippen molar-refractivity contribution < 1.29 is 19.4 Å². The Kier molecular flexibility index (Phi) is 7.63. The van der Waals surface area contributed by atoms with Crippen molar-refractivity contribution in [3.63, 3.8) is 0 Å². The molecular formula is C27H36N4O5. The number of hydrogen-bond acceptors (Lipinski definition) is 7. The Morgan fingerprint density at radius 3 is 2.69 bits per heavy atom. The second-order valence-corrected chi connectivity index (χ2v) is 10.9. The highest BCUT2D eigenvalue weighted by atomic mass is 16.5. The summed E-state index contributed by atoms with van der Waals surface area (Å²) in [6.07, 6.45) is 0.795. The molecule has 0 spiro atoms. The van der Waals surface area contributed by atoms with Crippen molar-refractivity contribution in [3.8, 4) is 11.4 Å². The second kappa shape index (κ2) is 10.5. The smallest absolute Gasteiger partial charge is 0.325 e. The largest absolute Gasteiger partial charge is 0.464 e. The number of aliphatic hydroxyl groups excluding tert-OH is 1. The summed E-state index contributed by atoms with van der Waals surface area (Å²) in [5.41, 5.74) is 3.94. The molecule has 1 aliphatic rings. The molecule has 9 heteroatoms. The topological polar surface area (TPSA) is 118 Å². The first-order valence-electron chi connectivity index (χ1n) is 12.4.